The minimum absolute atomic E-state index is 0.203. The van der Waals surface area contributed by atoms with Crippen LogP contribution in [0.5, 0.6) is 0 Å². The molecular weight excluding hydrogens is 244 g/mol. The summed E-state index contributed by atoms with van der Waals surface area (Å²) in [6.45, 7) is 9.09. The Hall–Kier alpha value is -0.280. The van der Waals surface area contributed by atoms with Crippen LogP contribution in [0.15, 0.2) is 0 Å². The van der Waals surface area contributed by atoms with Crippen molar-refractivity contribution in [2.75, 3.05) is 65.8 Å². The lowest BCUT2D eigenvalue weighted by atomic mass is 10.3. The maximum Gasteiger partial charge on any atom is 0.101 e. The maximum atomic E-state index is 5.97. The first-order valence-corrected chi connectivity index (χ1v) is 7.26. The van der Waals surface area contributed by atoms with Gasteiger partial charge in [-0.1, -0.05) is 0 Å². The molecule has 0 aromatic rings. The molecule has 2 fully saturated rings. The first-order valence-electron chi connectivity index (χ1n) is 7.26. The summed E-state index contributed by atoms with van der Waals surface area (Å²) in [7, 11) is 0. The van der Waals surface area contributed by atoms with Crippen molar-refractivity contribution in [1.82, 2.24) is 26.2 Å². The summed E-state index contributed by atoms with van der Waals surface area (Å²) < 4.78 is 5.70. The average molecular weight is 272 g/mol. The molecule has 2 aliphatic heterocycles. The molecule has 0 amide bonds. The quantitative estimate of drug-likeness (QED) is 0.275. The van der Waals surface area contributed by atoms with Gasteiger partial charge in [0.1, 0.15) is 6.73 Å². The summed E-state index contributed by atoms with van der Waals surface area (Å²) >= 11 is 0. The van der Waals surface area contributed by atoms with Gasteiger partial charge in [0.15, 0.2) is 0 Å². The topological polar surface area (TPSA) is 86.6 Å². The van der Waals surface area contributed by atoms with E-state index in [1.54, 1.807) is 0 Å². The van der Waals surface area contributed by atoms with Crippen LogP contribution in [0.2, 0.25) is 0 Å². The van der Waals surface area contributed by atoms with Crippen LogP contribution in [-0.4, -0.2) is 82.8 Å². The maximum absolute atomic E-state index is 5.97. The molecule has 0 spiro atoms. The Morgan fingerprint density at radius 3 is 2.63 bits per heavy atom. The summed E-state index contributed by atoms with van der Waals surface area (Å²) in [5.41, 5.74) is 5.97. The fourth-order valence-electron chi connectivity index (χ4n) is 2.43. The van der Waals surface area contributed by atoms with E-state index in [2.05, 4.69) is 26.2 Å². The molecule has 0 radical (unpaired) electrons. The first-order chi connectivity index (χ1) is 9.34. The molecule has 112 valence electrons. The van der Waals surface area contributed by atoms with Crippen molar-refractivity contribution in [3.8, 4) is 0 Å². The molecule has 7 nitrogen and oxygen atoms in total. The van der Waals surface area contributed by atoms with Crippen LogP contribution in [0.25, 0.3) is 0 Å². The van der Waals surface area contributed by atoms with Crippen molar-refractivity contribution >= 4 is 0 Å². The third-order valence-corrected chi connectivity index (χ3v) is 3.51. The van der Waals surface area contributed by atoms with E-state index in [1.807, 2.05) is 0 Å². The highest BCUT2D eigenvalue weighted by Crippen LogP contribution is 1.95. The lowest BCUT2D eigenvalue weighted by molar-refractivity contribution is 0.0171. The monoisotopic (exact) mass is 272 g/mol. The van der Waals surface area contributed by atoms with Crippen LogP contribution in [0.4, 0.5) is 0 Å². The number of nitrogens with one attached hydrogen (secondary N) is 4. The van der Waals surface area contributed by atoms with Gasteiger partial charge in [-0.2, -0.15) is 0 Å². The van der Waals surface area contributed by atoms with Gasteiger partial charge in [0.05, 0.1) is 6.73 Å². The van der Waals surface area contributed by atoms with Gasteiger partial charge in [0.2, 0.25) is 0 Å². The largest absolute Gasteiger partial charge is 0.351 e. The second kappa shape index (κ2) is 8.80. The average Bonchev–Trinajstić information content (AvgIpc) is 2.77. The summed E-state index contributed by atoms with van der Waals surface area (Å²) in [5.74, 6) is 0. The number of nitrogens with two attached hydrogens (primary N) is 1. The standard InChI is InChI=1S/C12H28N6O/c13-11-5-16-3-4-18(8-11)10-19-9-17-12-6-14-1-2-15-7-12/h11-12,14-17H,1-10,13H2. The minimum atomic E-state index is 0.203. The summed E-state index contributed by atoms with van der Waals surface area (Å²) in [5, 5.41) is 13.5. The Kier molecular flexibility index (Phi) is 7.00. The zero-order valence-electron chi connectivity index (χ0n) is 11.7. The predicted molar refractivity (Wildman–Crippen MR) is 75.9 cm³/mol. The lowest BCUT2D eigenvalue weighted by Crippen LogP contribution is -2.44. The van der Waals surface area contributed by atoms with Crippen molar-refractivity contribution in [3.05, 3.63) is 0 Å². The number of nitrogens with zero attached hydrogens (tertiary/aromatic N) is 1. The van der Waals surface area contributed by atoms with Gasteiger partial charge in [0, 0.05) is 64.4 Å². The molecule has 19 heavy (non-hydrogen) atoms. The van der Waals surface area contributed by atoms with Crippen LogP contribution >= 0.6 is 0 Å². The second-order valence-electron chi connectivity index (χ2n) is 5.33. The van der Waals surface area contributed by atoms with Gasteiger partial charge in [-0.3, -0.25) is 10.2 Å². The van der Waals surface area contributed by atoms with E-state index in [-0.39, 0.29) is 6.04 Å². The molecule has 2 heterocycles. The van der Waals surface area contributed by atoms with E-state index in [4.69, 9.17) is 10.5 Å². The fourth-order valence-corrected chi connectivity index (χ4v) is 2.43. The molecule has 0 aromatic heterocycles. The normalized spacial score (nSPS) is 27.9. The Labute approximate surface area is 115 Å². The van der Waals surface area contributed by atoms with E-state index in [0.29, 0.717) is 19.5 Å². The molecule has 0 saturated carbocycles. The Morgan fingerprint density at radius 1 is 1.11 bits per heavy atom. The second-order valence-corrected chi connectivity index (χ2v) is 5.33. The highest BCUT2D eigenvalue weighted by atomic mass is 16.5. The molecule has 7 heteroatoms. The SMILES string of the molecule is NC1CNCCN(COCNC2CNCCNC2)C1. The van der Waals surface area contributed by atoms with E-state index in [9.17, 15) is 0 Å². The van der Waals surface area contributed by atoms with E-state index in [0.717, 1.165) is 52.4 Å². The zero-order chi connectivity index (χ0) is 13.3. The summed E-state index contributed by atoms with van der Waals surface area (Å²) in [4.78, 5) is 2.26. The first kappa shape index (κ1) is 15.1. The molecule has 0 bridgehead atoms. The van der Waals surface area contributed by atoms with E-state index in [1.165, 1.54) is 0 Å². The van der Waals surface area contributed by atoms with E-state index >= 15 is 0 Å². The third kappa shape index (κ3) is 6.13. The number of hydrogen-bond donors (Lipinski definition) is 5. The molecule has 2 aliphatic rings. The molecular formula is C12H28N6O. The number of ether oxygens (including phenoxy) is 1. The van der Waals surface area contributed by atoms with Crippen LogP contribution in [0.1, 0.15) is 0 Å². The summed E-state index contributed by atoms with van der Waals surface area (Å²) in [6, 6.07) is 0.643. The summed E-state index contributed by atoms with van der Waals surface area (Å²) in [6.07, 6.45) is 0. The molecule has 0 aliphatic carbocycles. The number of rotatable bonds is 5. The van der Waals surface area contributed by atoms with Crippen LogP contribution in [0, 0.1) is 0 Å². The van der Waals surface area contributed by atoms with Gasteiger partial charge in [0.25, 0.3) is 0 Å². The Balaban J connectivity index is 1.55. The van der Waals surface area contributed by atoms with Crippen LogP contribution in [-0.2, 0) is 4.74 Å². The molecule has 2 saturated heterocycles. The Bertz CT molecular complexity index is 234. The minimum Gasteiger partial charge on any atom is -0.351 e. The molecule has 1 unspecified atom stereocenters. The predicted octanol–water partition coefficient (Wildman–Crippen LogP) is -2.70. The van der Waals surface area contributed by atoms with Gasteiger partial charge < -0.3 is 26.4 Å². The highest BCUT2D eigenvalue weighted by molar-refractivity contribution is 4.76. The van der Waals surface area contributed by atoms with Crippen molar-refractivity contribution in [1.29, 1.82) is 0 Å². The molecule has 1 atom stereocenters. The Morgan fingerprint density at radius 2 is 1.84 bits per heavy atom. The smallest absolute Gasteiger partial charge is 0.101 e. The van der Waals surface area contributed by atoms with Crippen molar-refractivity contribution < 1.29 is 4.74 Å². The molecule has 2 rings (SSSR count). The van der Waals surface area contributed by atoms with Crippen LogP contribution in [0.3, 0.4) is 0 Å². The highest BCUT2D eigenvalue weighted by Gasteiger charge is 2.14. The molecule has 0 aromatic carbocycles. The van der Waals surface area contributed by atoms with Crippen molar-refractivity contribution in [2.24, 2.45) is 5.73 Å². The van der Waals surface area contributed by atoms with E-state index < -0.39 is 0 Å². The van der Waals surface area contributed by atoms with Gasteiger partial charge in [-0.25, -0.2) is 0 Å². The fraction of sp³-hybridized carbons (Fsp3) is 1.00. The van der Waals surface area contributed by atoms with Gasteiger partial charge in [-0.15, -0.1) is 0 Å². The lowest BCUT2D eigenvalue weighted by Gasteiger charge is -2.23. The number of hydrogen-bond acceptors (Lipinski definition) is 7. The molecule has 6 N–H and O–H groups in total. The van der Waals surface area contributed by atoms with Gasteiger partial charge in [-0.05, 0) is 0 Å². The van der Waals surface area contributed by atoms with Crippen LogP contribution < -0.4 is 27.0 Å². The van der Waals surface area contributed by atoms with Gasteiger partial charge >= 0.3 is 0 Å². The zero-order valence-corrected chi connectivity index (χ0v) is 11.7. The van der Waals surface area contributed by atoms with Crippen molar-refractivity contribution in [3.63, 3.8) is 0 Å². The third-order valence-electron chi connectivity index (χ3n) is 3.51. The van der Waals surface area contributed by atoms with Crippen molar-refractivity contribution in [2.45, 2.75) is 12.1 Å².